The van der Waals surface area contributed by atoms with Crippen molar-refractivity contribution >= 4 is 5.97 Å². The molecule has 0 spiro atoms. The molecule has 16 heavy (non-hydrogen) atoms. The van der Waals surface area contributed by atoms with Crippen LogP contribution in [0.25, 0.3) is 0 Å². The van der Waals surface area contributed by atoms with Crippen LogP contribution in [0.5, 0.6) is 0 Å². The van der Waals surface area contributed by atoms with E-state index in [9.17, 15) is 4.79 Å². The fraction of sp³-hybridized carbons (Fsp3) is 0.462. The predicted molar refractivity (Wildman–Crippen MR) is 64.6 cm³/mol. The van der Waals surface area contributed by atoms with Gasteiger partial charge in [0.05, 0.1) is 13.0 Å². The second-order valence-corrected chi connectivity index (χ2v) is 3.37. The Morgan fingerprint density at radius 3 is 2.31 bits per heavy atom. The van der Waals surface area contributed by atoms with E-state index in [2.05, 4.69) is 42.0 Å². The Balaban J connectivity index is 0.000000293. The molecule has 0 atom stereocenters. The quantitative estimate of drug-likeness (QED) is 0.836. The van der Waals surface area contributed by atoms with Crippen LogP contribution in [0.2, 0.25) is 0 Å². The zero-order valence-electron chi connectivity index (χ0n) is 9.98. The normalized spacial score (nSPS) is 9.12. The molecule has 0 aliphatic rings. The van der Waals surface area contributed by atoms with E-state index in [1.165, 1.54) is 25.5 Å². The predicted octanol–water partition coefficient (Wildman–Crippen LogP) is 2.75. The van der Waals surface area contributed by atoms with Gasteiger partial charge in [0.2, 0.25) is 0 Å². The first-order valence-electron chi connectivity index (χ1n) is 5.45. The van der Waals surface area contributed by atoms with Gasteiger partial charge in [-0.15, -0.1) is 0 Å². The van der Waals surface area contributed by atoms with Crippen molar-refractivity contribution < 1.29 is 14.6 Å². The Morgan fingerprint density at radius 1 is 1.31 bits per heavy atom. The maximum atomic E-state index is 9.68. The first kappa shape index (κ1) is 14.6. The molecule has 1 rings (SSSR count). The third-order valence-corrected chi connectivity index (χ3v) is 1.90. The third kappa shape index (κ3) is 9.21. The minimum atomic E-state index is -0.818. The molecular formula is C13H20O3. The molecule has 3 nitrogen and oxygen atoms in total. The summed E-state index contributed by atoms with van der Waals surface area (Å²) in [6, 6.07) is 10.6. The molecule has 0 radical (unpaired) electrons. The van der Waals surface area contributed by atoms with Gasteiger partial charge in [-0.05, 0) is 12.0 Å². The van der Waals surface area contributed by atoms with Gasteiger partial charge in [-0.25, -0.2) is 0 Å². The first-order chi connectivity index (χ1) is 7.70. The van der Waals surface area contributed by atoms with Gasteiger partial charge in [0, 0.05) is 7.11 Å². The minimum absolute atomic E-state index is 0.0938. The Labute approximate surface area is 97.1 Å². The number of aliphatic carboxylic acids is 1. The summed E-state index contributed by atoms with van der Waals surface area (Å²) >= 11 is 0. The number of ether oxygens (including phenoxy) is 1. The lowest BCUT2D eigenvalue weighted by molar-refractivity contribution is -0.137. The van der Waals surface area contributed by atoms with E-state index in [1.807, 2.05) is 0 Å². The molecule has 0 unspecified atom stereocenters. The van der Waals surface area contributed by atoms with E-state index in [0.29, 0.717) is 6.61 Å². The number of aryl methyl sites for hydroxylation is 1. The lowest BCUT2D eigenvalue weighted by atomic mass is 10.1. The number of methoxy groups -OCH3 is 1. The van der Waals surface area contributed by atoms with Crippen molar-refractivity contribution in [3.63, 3.8) is 0 Å². The fourth-order valence-electron chi connectivity index (χ4n) is 1.12. The monoisotopic (exact) mass is 224 g/mol. The molecule has 0 aromatic heterocycles. The molecule has 0 amide bonds. The molecule has 0 saturated carbocycles. The van der Waals surface area contributed by atoms with Gasteiger partial charge in [-0.1, -0.05) is 43.7 Å². The standard InChI is InChI=1S/C9H12.C4H8O3/c1-2-6-9-7-4-3-5-8-9;1-7-3-2-4(5)6/h3-5,7-8H,2,6H2,1H3;2-3H2,1H3,(H,5,6). The van der Waals surface area contributed by atoms with Gasteiger partial charge in [0.1, 0.15) is 0 Å². The number of carboxylic acid groups (broad SMARTS) is 1. The lowest BCUT2D eigenvalue weighted by Crippen LogP contribution is -1.99. The van der Waals surface area contributed by atoms with Crippen LogP contribution in [0.1, 0.15) is 25.3 Å². The van der Waals surface area contributed by atoms with Crippen LogP contribution in [0.3, 0.4) is 0 Å². The SMILES string of the molecule is CCCc1ccccc1.COCCC(=O)O. The van der Waals surface area contributed by atoms with Crippen LogP contribution in [0.4, 0.5) is 0 Å². The minimum Gasteiger partial charge on any atom is -0.481 e. The van der Waals surface area contributed by atoms with E-state index in [-0.39, 0.29) is 6.42 Å². The van der Waals surface area contributed by atoms with E-state index in [4.69, 9.17) is 5.11 Å². The molecule has 1 aromatic carbocycles. The van der Waals surface area contributed by atoms with Gasteiger partial charge in [-0.3, -0.25) is 4.79 Å². The van der Waals surface area contributed by atoms with E-state index in [0.717, 1.165) is 0 Å². The van der Waals surface area contributed by atoms with Gasteiger partial charge < -0.3 is 9.84 Å². The van der Waals surface area contributed by atoms with Crippen LogP contribution >= 0.6 is 0 Å². The number of hydrogen-bond acceptors (Lipinski definition) is 2. The number of carboxylic acids is 1. The van der Waals surface area contributed by atoms with Crippen LogP contribution in [-0.2, 0) is 16.0 Å². The molecule has 0 heterocycles. The summed E-state index contributed by atoms with van der Waals surface area (Å²) in [4.78, 5) is 9.68. The van der Waals surface area contributed by atoms with Gasteiger partial charge in [0.15, 0.2) is 0 Å². The van der Waals surface area contributed by atoms with E-state index < -0.39 is 5.97 Å². The highest BCUT2D eigenvalue weighted by molar-refractivity contribution is 5.66. The Hall–Kier alpha value is -1.35. The molecule has 0 aliphatic heterocycles. The Kier molecular flexibility index (Phi) is 9.32. The van der Waals surface area contributed by atoms with Gasteiger partial charge in [0.25, 0.3) is 0 Å². The smallest absolute Gasteiger partial charge is 0.305 e. The molecule has 0 saturated heterocycles. The third-order valence-electron chi connectivity index (χ3n) is 1.90. The molecule has 3 heteroatoms. The van der Waals surface area contributed by atoms with Crippen molar-refractivity contribution in [1.29, 1.82) is 0 Å². The summed E-state index contributed by atoms with van der Waals surface area (Å²) in [5, 5.41) is 7.96. The molecule has 1 N–H and O–H groups in total. The van der Waals surface area contributed by atoms with E-state index in [1.54, 1.807) is 0 Å². The molecule has 1 aromatic rings. The van der Waals surface area contributed by atoms with Gasteiger partial charge >= 0.3 is 5.97 Å². The number of carbonyl (C=O) groups is 1. The maximum Gasteiger partial charge on any atom is 0.305 e. The van der Waals surface area contributed by atoms with Crippen LogP contribution in [0.15, 0.2) is 30.3 Å². The van der Waals surface area contributed by atoms with Crippen molar-refractivity contribution in [2.24, 2.45) is 0 Å². The highest BCUT2D eigenvalue weighted by Gasteiger charge is 1.91. The highest BCUT2D eigenvalue weighted by Crippen LogP contribution is 2.00. The Morgan fingerprint density at radius 2 is 1.94 bits per heavy atom. The zero-order chi connectivity index (χ0) is 12.2. The fourth-order valence-corrected chi connectivity index (χ4v) is 1.12. The topological polar surface area (TPSA) is 46.5 Å². The highest BCUT2D eigenvalue weighted by atomic mass is 16.5. The van der Waals surface area contributed by atoms with Crippen LogP contribution in [-0.4, -0.2) is 24.8 Å². The number of rotatable bonds is 5. The summed E-state index contributed by atoms with van der Waals surface area (Å²) in [6.07, 6.45) is 2.54. The van der Waals surface area contributed by atoms with Crippen LogP contribution < -0.4 is 0 Å². The summed E-state index contributed by atoms with van der Waals surface area (Å²) in [6.45, 7) is 2.50. The maximum absolute atomic E-state index is 9.68. The molecule has 90 valence electrons. The molecule has 0 aliphatic carbocycles. The Bertz CT molecular complexity index is 270. The second kappa shape index (κ2) is 10.2. The average Bonchev–Trinajstić information content (AvgIpc) is 2.29. The summed E-state index contributed by atoms with van der Waals surface area (Å²) in [5.74, 6) is -0.818. The van der Waals surface area contributed by atoms with Crippen molar-refractivity contribution in [2.75, 3.05) is 13.7 Å². The number of hydrogen-bond donors (Lipinski definition) is 1. The number of benzene rings is 1. The van der Waals surface area contributed by atoms with E-state index >= 15 is 0 Å². The summed E-state index contributed by atoms with van der Waals surface area (Å²) in [5.41, 5.74) is 1.44. The molecule has 0 fully saturated rings. The molecular weight excluding hydrogens is 204 g/mol. The summed E-state index contributed by atoms with van der Waals surface area (Å²) in [7, 11) is 1.48. The van der Waals surface area contributed by atoms with Crippen molar-refractivity contribution in [3.8, 4) is 0 Å². The summed E-state index contributed by atoms with van der Waals surface area (Å²) < 4.78 is 4.47. The van der Waals surface area contributed by atoms with Gasteiger partial charge in [-0.2, -0.15) is 0 Å². The lowest BCUT2D eigenvalue weighted by Gasteiger charge is -1.93. The largest absolute Gasteiger partial charge is 0.481 e. The van der Waals surface area contributed by atoms with Crippen molar-refractivity contribution in [2.45, 2.75) is 26.2 Å². The second-order valence-electron chi connectivity index (χ2n) is 3.37. The molecule has 0 bridgehead atoms. The first-order valence-corrected chi connectivity index (χ1v) is 5.45. The zero-order valence-corrected chi connectivity index (χ0v) is 9.98. The van der Waals surface area contributed by atoms with Crippen molar-refractivity contribution in [1.82, 2.24) is 0 Å². The van der Waals surface area contributed by atoms with Crippen LogP contribution in [0, 0.1) is 0 Å². The van der Waals surface area contributed by atoms with Crippen molar-refractivity contribution in [3.05, 3.63) is 35.9 Å². The average molecular weight is 224 g/mol.